The van der Waals surface area contributed by atoms with E-state index in [2.05, 4.69) is 4.98 Å². The van der Waals surface area contributed by atoms with E-state index in [1.807, 2.05) is 90.1 Å². The molecule has 2 amide bonds. The lowest BCUT2D eigenvalue weighted by molar-refractivity contribution is 0.0130. The molecule has 0 saturated heterocycles. The number of benzene rings is 3. The highest BCUT2D eigenvalue weighted by Crippen LogP contribution is 2.43. The SMILES string of the molecule is COc1cc2c(cc1OC)[C@@H](Cc1ccc(Oc3ccc(C[C@@H]4c5cc(OC)c(OC)cc5CCN4C(=O)OC(C)(C)C)cc3OC)nc1)N(C(=O)OC(C)(C)C)CC2. The Kier molecular flexibility index (Phi) is 12.7. The Morgan fingerprint density at radius 1 is 0.576 bits per heavy atom. The first-order valence-corrected chi connectivity index (χ1v) is 19.8. The van der Waals surface area contributed by atoms with Gasteiger partial charge in [0.05, 0.1) is 47.6 Å². The number of hydrogen-bond donors (Lipinski definition) is 0. The molecule has 2 aliphatic rings. The fraction of sp³-hybridized carbons (Fsp3) is 0.457. The standard InChI is InChI=1S/C46H57N3O10/c1-45(2,3)58-43(50)48-18-16-30-23-38(53-8)40(55-10)25-32(30)34(48)20-28-12-14-36(37(22-28)52-7)57-42-15-13-29(27-47-42)21-35-33-26-41(56-11)39(54-9)24-31(33)17-19-49(35)44(51)59-46(4,5)6/h12-15,22-27,34-35H,16-21H2,1-11H3/t34-,35-/m1/s1. The maximum absolute atomic E-state index is 13.6. The maximum atomic E-state index is 13.6. The zero-order valence-electron chi connectivity index (χ0n) is 36.1. The summed E-state index contributed by atoms with van der Waals surface area (Å²) < 4.78 is 46.3. The third kappa shape index (κ3) is 9.89. The predicted octanol–water partition coefficient (Wildman–Crippen LogP) is 9.07. The summed E-state index contributed by atoms with van der Waals surface area (Å²) in [5.74, 6) is 3.83. The van der Waals surface area contributed by atoms with Gasteiger partial charge in [-0.2, -0.15) is 0 Å². The molecule has 1 aromatic heterocycles. The number of pyridine rings is 1. The van der Waals surface area contributed by atoms with Crippen LogP contribution in [0.15, 0.2) is 60.8 Å². The van der Waals surface area contributed by atoms with Crippen molar-refractivity contribution in [3.63, 3.8) is 0 Å². The minimum absolute atomic E-state index is 0.333. The van der Waals surface area contributed by atoms with Gasteiger partial charge in [0.2, 0.25) is 5.88 Å². The Balaban J connectivity index is 1.24. The molecular weight excluding hydrogens is 755 g/mol. The molecule has 0 fully saturated rings. The first-order valence-electron chi connectivity index (χ1n) is 19.8. The van der Waals surface area contributed by atoms with Crippen LogP contribution >= 0.6 is 0 Å². The second-order valence-electron chi connectivity index (χ2n) is 16.7. The van der Waals surface area contributed by atoms with Crippen molar-refractivity contribution >= 4 is 12.2 Å². The van der Waals surface area contributed by atoms with Gasteiger partial charge in [-0.3, -0.25) is 0 Å². The highest BCUT2D eigenvalue weighted by Gasteiger charge is 2.37. The molecule has 0 N–H and O–H groups in total. The van der Waals surface area contributed by atoms with Gasteiger partial charge in [-0.1, -0.05) is 12.1 Å². The van der Waals surface area contributed by atoms with E-state index in [1.165, 1.54) is 0 Å². The number of hydrogen-bond acceptors (Lipinski definition) is 11. The summed E-state index contributed by atoms with van der Waals surface area (Å²) in [6.45, 7) is 12.2. The monoisotopic (exact) mass is 811 g/mol. The van der Waals surface area contributed by atoms with Gasteiger partial charge in [0.25, 0.3) is 0 Å². The van der Waals surface area contributed by atoms with Gasteiger partial charge < -0.3 is 47.7 Å². The summed E-state index contributed by atoms with van der Waals surface area (Å²) in [5.41, 5.74) is 4.62. The number of carbonyl (C=O) groups is 2. The maximum Gasteiger partial charge on any atom is 0.410 e. The molecular formula is C46H57N3O10. The van der Waals surface area contributed by atoms with Gasteiger partial charge in [0.15, 0.2) is 34.5 Å². The molecule has 3 aromatic carbocycles. The fourth-order valence-corrected chi connectivity index (χ4v) is 7.65. The van der Waals surface area contributed by atoms with Crippen LogP contribution in [0.5, 0.6) is 40.4 Å². The number of ether oxygens (including phenoxy) is 8. The van der Waals surface area contributed by atoms with Gasteiger partial charge in [-0.05, 0) is 137 Å². The summed E-state index contributed by atoms with van der Waals surface area (Å²) in [7, 11) is 8.03. The van der Waals surface area contributed by atoms with Crippen molar-refractivity contribution in [3.05, 3.63) is 94.2 Å². The molecule has 0 bridgehead atoms. The number of carbonyl (C=O) groups excluding carboxylic acids is 2. The second-order valence-corrected chi connectivity index (χ2v) is 16.7. The number of nitrogens with zero attached hydrogens (tertiary/aromatic N) is 3. The van der Waals surface area contributed by atoms with Crippen LogP contribution in [0.3, 0.4) is 0 Å². The van der Waals surface area contributed by atoms with Crippen molar-refractivity contribution < 1.29 is 47.5 Å². The Bertz CT molecular complexity index is 2140. The number of fused-ring (bicyclic) bond motifs is 2. The van der Waals surface area contributed by atoms with Gasteiger partial charge in [-0.15, -0.1) is 0 Å². The van der Waals surface area contributed by atoms with Crippen molar-refractivity contribution in [2.75, 3.05) is 48.6 Å². The molecule has 4 aromatic rings. The lowest BCUT2D eigenvalue weighted by Crippen LogP contribution is -2.43. The molecule has 0 saturated carbocycles. The van der Waals surface area contributed by atoms with E-state index in [0.717, 1.165) is 33.4 Å². The van der Waals surface area contributed by atoms with Crippen molar-refractivity contribution in [2.45, 2.75) is 90.5 Å². The van der Waals surface area contributed by atoms with Crippen LogP contribution in [-0.2, 0) is 35.2 Å². The van der Waals surface area contributed by atoms with E-state index in [-0.39, 0.29) is 24.3 Å². The third-order valence-electron chi connectivity index (χ3n) is 10.4. The zero-order chi connectivity index (χ0) is 42.6. The highest BCUT2D eigenvalue weighted by molar-refractivity contribution is 5.71. The molecule has 2 aliphatic heterocycles. The normalized spacial score (nSPS) is 16.3. The average molecular weight is 812 g/mol. The Hall–Kier alpha value is -5.85. The van der Waals surface area contributed by atoms with E-state index in [9.17, 15) is 9.59 Å². The molecule has 0 radical (unpaired) electrons. The molecule has 6 rings (SSSR count). The summed E-state index contributed by atoms with van der Waals surface area (Å²) in [6.07, 6.45) is 3.26. The smallest absolute Gasteiger partial charge is 0.410 e. The topological polar surface area (TPSA) is 127 Å². The van der Waals surface area contributed by atoms with E-state index in [0.29, 0.717) is 79.1 Å². The summed E-state index contributed by atoms with van der Waals surface area (Å²) in [4.78, 5) is 35.3. The average Bonchev–Trinajstić information content (AvgIpc) is 3.19. The van der Waals surface area contributed by atoms with Gasteiger partial charge in [-0.25, -0.2) is 14.6 Å². The highest BCUT2D eigenvalue weighted by atomic mass is 16.6. The van der Waals surface area contributed by atoms with E-state index >= 15 is 0 Å². The predicted molar refractivity (Wildman–Crippen MR) is 223 cm³/mol. The molecule has 316 valence electrons. The number of aromatic nitrogens is 1. The molecule has 3 heterocycles. The summed E-state index contributed by atoms with van der Waals surface area (Å²) in [5, 5.41) is 0. The van der Waals surface area contributed by atoms with Crippen LogP contribution in [0, 0.1) is 0 Å². The molecule has 0 spiro atoms. The van der Waals surface area contributed by atoms with Crippen molar-refractivity contribution in [3.8, 4) is 40.4 Å². The van der Waals surface area contributed by atoms with Crippen molar-refractivity contribution in [1.82, 2.24) is 14.8 Å². The molecule has 2 atom stereocenters. The lowest BCUT2D eigenvalue weighted by atomic mass is 9.88. The van der Waals surface area contributed by atoms with E-state index in [4.69, 9.17) is 37.9 Å². The quantitative estimate of drug-likeness (QED) is 0.144. The number of methoxy groups -OCH3 is 5. The van der Waals surface area contributed by atoms with Crippen LogP contribution in [0.4, 0.5) is 9.59 Å². The Labute approximate surface area is 347 Å². The molecule has 59 heavy (non-hydrogen) atoms. The van der Waals surface area contributed by atoms with Crippen molar-refractivity contribution in [2.24, 2.45) is 0 Å². The fourth-order valence-electron chi connectivity index (χ4n) is 7.65. The summed E-state index contributed by atoms with van der Waals surface area (Å²) >= 11 is 0. The number of rotatable bonds is 11. The van der Waals surface area contributed by atoms with Crippen LogP contribution in [0.25, 0.3) is 0 Å². The van der Waals surface area contributed by atoms with Gasteiger partial charge in [0.1, 0.15) is 11.2 Å². The van der Waals surface area contributed by atoms with Crippen LogP contribution in [-0.4, -0.2) is 86.8 Å². The van der Waals surface area contributed by atoms with Crippen LogP contribution < -0.4 is 28.4 Å². The van der Waals surface area contributed by atoms with Gasteiger partial charge in [0, 0.05) is 25.4 Å². The zero-order valence-corrected chi connectivity index (χ0v) is 36.1. The first kappa shape index (κ1) is 42.7. The van der Waals surface area contributed by atoms with E-state index in [1.54, 1.807) is 57.6 Å². The molecule has 13 heteroatoms. The minimum Gasteiger partial charge on any atom is -0.493 e. The number of amides is 2. The molecule has 0 unspecified atom stereocenters. The lowest BCUT2D eigenvalue weighted by Gasteiger charge is -2.38. The molecule has 0 aliphatic carbocycles. The van der Waals surface area contributed by atoms with Gasteiger partial charge >= 0.3 is 12.2 Å². The van der Waals surface area contributed by atoms with E-state index < -0.39 is 11.2 Å². The third-order valence-corrected chi connectivity index (χ3v) is 10.4. The first-order chi connectivity index (χ1) is 28.0. The summed E-state index contributed by atoms with van der Waals surface area (Å²) in [6, 6.07) is 16.7. The minimum atomic E-state index is -0.654. The largest absolute Gasteiger partial charge is 0.493 e. The molecule has 13 nitrogen and oxygen atoms in total. The van der Waals surface area contributed by atoms with Crippen LogP contribution in [0.1, 0.15) is 87.0 Å². The Morgan fingerprint density at radius 3 is 1.42 bits per heavy atom. The van der Waals surface area contributed by atoms with Crippen LogP contribution in [0.2, 0.25) is 0 Å². The van der Waals surface area contributed by atoms with Crippen molar-refractivity contribution in [1.29, 1.82) is 0 Å². The second kappa shape index (κ2) is 17.6. The Morgan fingerprint density at radius 2 is 1.00 bits per heavy atom.